The van der Waals surface area contributed by atoms with Gasteiger partial charge >= 0.3 is 0 Å². The first kappa shape index (κ1) is 17.0. The van der Waals surface area contributed by atoms with Crippen LogP contribution in [0.15, 0.2) is 55.4 Å². The van der Waals surface area contributed by atoms with Crippen LogP contribution in [0.1, 0.15) is 18.4 Å². The third-order valence-electron chi connectivity index (χ3n) is 4.55. The summed E-state index contributed by atoms with van der Waals surface area (Å²) >= 11 is 0. The van der Waals surface area contributed by atoms with Crippen LogP contribution in [0.3, 0.4) is 0 Å². The molecule has 1 fully saturated rings. The second kappa shape index (κ2) is 7.79. The molecule has 25 heavy (non-hydrogen) atoms. The van der Waals surface area contributed by atoms with Crippen molar-refractivity contribution in [3.8, 4) is 5.69 Å². The molecule has 2 heterocycles. The monoisotopic (exact) mass is 338 g/mol. The Balaban J connectivity index is 1.57. The Hall–Kier alpha value is -2.89. The summed E-state index contributed by atoms with van der Waals surface area (Å²) in [6.45, 7) is 5.17. The molecule has 1 aliphatic heterocycles. The first-order valence-corrected chi connectivity index (χ1v) is 8.46. The predicted molar refractivity (Wildman–Crippen MR) is 94.9 cm³/mol. The van der Waals surface area contributed by atoms with Crippen molar-refractivity contribution in [2.45, 2.75) is 19.4 Å². The zero-order valence-corrected chi connectivity index (χ0v) is 14.1. The minimum atomic E-state index is -0.0630. The average molecular weight is 338 g/mol. The topological polar surface area (TPSA) is 67.2 Å². The summed E-state index contributed by atoms with van der Waals surface area (Å²) in [5, 5.41) is 7.28. The number of para-hydroxylation sites is 1. The molecule has 2 aromatic rings. The summed E-state index contributed by atoms with van der Waals surface area (Å²) in [6, 6.07) is 9.74. The van der Waals surface area contributed by atoms with E-state index in [1.165, 1.54) is 6.08 Å². The van der Waals surface area contributed by atoms with Crippen LogP contribution in [0.4, 0.5) is 0 Å². The fraction of sp³-hybridized carbons (Fsp3) is 0.316. The average Bonchev–Trinajstić information content (AvgIpc) is 3.20. The molecular weight excluding hydrogens is 316 g/mol. The van der Waals surface area contributed by atoms with Crippen LogP contribution in [-0.4, -0.2) is 39.6 Å². The zero-order valence-electron chi connectivity index (χ0n) is 14.1. The number of likely N-dealkylation sites (tertiary alicyclic amines) is 1. The van der Waals surface area contributed by atoms with Crippen LogP contribution in [0, 0.1) is 5.92 Å². The van der Waals surface area contributed by atoms with Crippen molar-refractivity contribution < 1.29 is 9.59 Å². The molecule has 2 amide bonds. The highest BCUT2D eigenvalue weighted by Crippen LogP contribution is 2.18. The Morgan fingerprint density at radius 1 is 1.24 bits per heavy atom. The van der Waals surface area contributed by atoms with E-state index in [0.29, 0.717) is 32.5 Å². The maximum absolute atomic E-state index is 12.5. The van der Waals surface area contributed by atoms with E-state index in [1.54, 1.807) is 15.8 Å². The Labute approximate surface area is 147 Å². The molecule has 1 aromatic heterocycles. The molecule has 6 heteroatoms. The number of amides is 2. The smallest absolute Gasteiger partial charge is 0.245 e. The van der Waals surface area contributed by atoms with Gasteiger partial charge in [-0.15, -0.1) is 0 Å². The maximum Gasteiger partial charge on any atom is 0.245 e. The van der Waals surface area contributed by atoms with Gasteiger partial charge in [0.25, 0.3) is 0 Å². The zero-order chi connectivity index (χ0) is 17.6. The minimum absolute atomic E-state index is 0.0426. The number of carbonyl (C=O) groups is 2. The lowest BCUT2D eigenvalue weighted by molar-refractivity contribution is -0.132. The second-order valence-electron chi connectivity index (χ2n) is 6.10. The van der Waals surface area contributed by atoms with Crippen molar-refractivity contribution in [2.75, 3.05) is 13.1 Å². The van der Waals surface area contributed by atoms with Crippen LogP contribution in [0.2, 0.25) is 0 Å². The number of nitrogens with one attached hydrogen (secondary N) is 1. The van der Waals surface area contributed by atoms with E-state index >= 15 is 0 Å². The SMILES string of the molecule is C=CC(=O)N1CCC(C(=O)NCc2ccccc2-n2cccn2)CC1. The number of benzene rings is 1. The van der Waals surface area contributed by atoms with E-state index < -0.39 is 0 Å². The summed E-state index contributed by atoms with van der Waals surface area (Å²) in [5.41, 5.74) is 1.97. The number of rotatable bonds is 5. The largest absolute Gasteiger partial charge is 0.352 e. The summed E-state index contributed by atoms with van der Waals surface area (Å²) in [4.78, 5) is 25.8. The Bertz CT molecular complexity index is 747. The lowest BCUT2D eigenvalue weighted by Gasteiger charge is -2.30. The first-order valence-electron chi connectivity index (χ1n) is 8.46. The quantitative estimate of drug-likeness (QED) is 0.847. The highest BCUT2D eigenvalue weighted by atomic mass is 16.2. The Morgan fingerprint density at radius 2 is 2.00 bits per heavy atom. The van der Waals surface area contributed by atoms with Crippen molar-refractivity contribution in [3.63, 3.8) is 0 Å². The molecule has 0 unspecified atom stereocenters. The fourth-order valence-electron chi connectivity index (χ4n) is 3.11. The molecule has 0 aliphatic carbocycles. The number of nitrogens with zero attached hydrogens (tertiary/aromatic N) is 3. The number of hydrogen-bond donors (Lipinski definition) is 1. The van der Waals surface area contributed by atoms with Crippen molar-refractivity contribution in [1.82, 2.24) is 20.0 Å². The molecule has 0 bridgehead atoms. The summed E-state index contributed by atoms with van der Waals surface area (Å²) in [6.07, 6.45) is 6.31. The van der Waals surface area contributed by atoms with Gasteiger partial charge in [-0.2, -0.15) is 5.10 Å². The van der Waals surface area contributed by atoms with Gasteiger partial charge in [-0.1, -0.05) is 24.8 Å². The van der Waals surface area contributed by atoms with Crippen LogP contribution >= 0.6 is 0 Å². The van der Waals surface area contributed by atoms with Crippen molar-refractivity contribution >= 4 is 11.8 Å². The van der Waals surface area contributed by atoms with Crippen LogP contribution in [0.25, 0.3) is 5.69 Å². The molecule has 1 saturated heterocycles. The molecule has 1 aliphatic rings. The molecule has 0 radical (unpaired) electrons. The highest BCUT2D eigenvalue weighted by molar-refractivity contribution is 5.87. The molecule has 6 nitrogen and oxygen atoms in total. The van der Waals surface area contributed by atoms with Gasteiger partial charge in [0.1, 0.15) is 0 Å². The molecular formula is C19H22N4O2. The van der Waals surface area contributed by atoms with Crippen molar-refractivity contribution in [2.24, 2.45) is 5.92 Å². The summed E-state index contributed by atoms with van der Waals surface area (Å²) in [5.74, 6) is -0.0706. The minimum Gasteiger partial charge on any atom is -0.352 e. The lowest BCUT2D eigenvalue weighted by atomic mass is 9.95. The third kappa shape index (κ3) is 3.96. The number of hydrogen-bond acceptors (Lipinski definition) is 3. The molecule has 0 saturated carbocycles. The summed E-state index contributed by atoms with van der Waals surface area (Å²) in [7, 11) is 0. The van der Waals surface area contributed by atoms with E-state index in [9.17, 15) is 9.59 Å². The van der Waals surface area contributed by atoms with Crippen LogP contribution < -0.4 is 5.32 Å². The first-order chi connectivity index (χ1) is 12.2. The van der Waals surface area contributed by atoms with Gasteiger partial charge in [-0.05, 0) is 36.6 Å². The fourth-order valence-corrected chi connectivity index (χ4v) is 3.11. The van der Waals surface area contributed by atoms with Gasteiger partial charge in [0.15, 0.2) is 0 Å². The maximum atomic E-state index is 12.5. The van der Waals surface area contributed by atoms with Gasteiger partial charge in [-0.3, -0.25) is 9.59 Å². The number of piperidine rings is 1. The van der Waals surface area contributed by atoms with Crippen LogP contribution in [-0.2, 0) is 16.1 Å². The van der Waals surface area contributed by atoms with Crippen molar-refractivity contribution in [1.29, 1.82) is 0 Å². The van der Waals surface area contributed by atoms with E-state index in [1.807, 2.05) is 36.5 Å². The molecule has 3 rings (SSSR count). The number of aromatic nitrogens is 2. The third-order valence-corrected chi connectivity index (χ3v) is 4.55. The van der Waals surface area contributed by atoms with E-state index in [-0.39, 0.29) is 17.7 Å². The van der Waals surface area contributed by atoms with Crippen LogP contribution in [0.5, 0.6) is 0 Å². The number of carbonyl (C=O) groups excluding carboxylic acids is 2. The summed E-state index contributed by atoms with van der Waals surface area (Å²) < 4.78 is 1.79. The van der Waals surface area contributed by atoms with E-state index in [0.717, 1.165) is 11.3 Å². The standard InChI is InChI=1S/C19H22N4O2/c1-2-18(24)22-12-8-15(9-13-22)19(25)20-14-16-6-3-4-7-17(16)23-11-5-10-21-23/h2-7,10-11,15H,1,8-9,12-14H2,(H,20,25). The van der Waals surface area contributed by atoms with Gasteiger partial charge in [0.05, 0.1) is 5.69 Å². The predicted octanol–water partition coefficient (Wildman–Crippen LogP) is 1.91. The molecule has 130 valence electrons. The van der Waals surface area contributed by atoms with E-state index in [2.05, 4.69) is 17.0 Å². The molecule has 0 spiro atoms. The normalized spacial score (nSPS) is 15.0. The molecule has 1 N–H and O–H groups in total. The van der Waals surface area contributed by atoms with Gasteiger partial charge < -0.3 is 10.2 Å². The molecule has 1 aromatic carbocycles. The van der Waals surface area contributed by atoms with Gasteiger partial charge in [0.2, 0.25) is 11.8 Å². The van der Waals surface area contributed by atoms with Gasteiger partial charge in [-0.25, -0.2) is 4.68 Å². The Morgan fingerprint density at radius 3 is 2.68 bits per heavy atom. The lowest BCUT2D eigenvalue weighted by Crippen LogP contribution is -2.42. The molecule has 0 atom stereocenters. The Kier molecular flexibility index (Phi) is 5.28. The second-order valence-corrected chi connectivity index (χ2v) is 6.10. The van der Waals surface area contributed by atoms with Gasteiger partial charge in [0, 0.05) is 37.9 Å². The van der Waals surface area contributed by atoms with Crippen molar-refractivity contribution in [3.05, 3.63) is 60.9 Å². The van der Waals surface area contributed by atoms with E-state index in [4.69, 9.17) is 0 Å². The highest BCUT2D eigenvalue weighted by Gasteiger charge is 2.26.